The van der Waals surface area contributed by atoms with Gasteiger partial charge in [0.05, 0.1) is 24.8 Å². The Morgan fingerprint density at radius 3 is 2.52 bits per heavy atom. The summed E-state index contributed by atoms with van der Waals surface area (Å²) in [5.41, 5.74) is 2.91. The summed E-state index contributed by atoms with van der Waals surface area (Å²) >= 11 is 0. The second-order valence-corrected chi connectivity index (χ2v) is 7.32. The van der Waals surface area contributed by atoms with Gasteiger partial charge in [0.15, 0.2) is 0 Å². The maximum Gasteiger partial charge on any atom is 0.337 e. The van der Waals surface area contributed by atoms with Gasteiger partial charge in [0.25, 0.3) is 0 Å². The second kappa shape index (κ2) is 10.4. The number of anilines is 1. The number of esters is 1. The van der Waals surface area contributed by atoms with Crippen molar-refractivity contribution >= 4 is 11.7 Å². The number of methoxy groups -OCH3 is 2. The third-order valence-electron chi connectivity index (χ3n) is 5.40. The predicted octanol–water partition coefficient (Wildman–Crippen LogP) is 3.35. The van der Waals surface area contributed by atoms with Crippen LogP contribution < -0.4 is 4.90 Å². The van der Waals surface area contributed by atoms with Gasteiger partial charge in [-0.15, -0.1) is 0 Å². The van der Waals surface area contributed by atoms with Crippen LogP contribution in [0.1, 0.15) is 28.4 Å². The second-order valence-electron chi connectivity index (χ2n) is 7.32. The minimum atomic E-state index is -0.319. The fraction of sp³-hybridized carbons (Fsp3) is 0.435. The van der Waals surface area contributed by atoms with Crippen molar-refractivity contribution in [1.82, 2.24) is 4.90 Å². The number of carbonyl (C=O) groups excluding carboxylic acids is 1. The van der Waals surface area contributed by atoms with E-state index in [1.807, 2.05) is 18.2 Å². The molecule has 0 amide bonds. The molecule has 1 aliphatic rings. The third-order valence-corrected chi connectivity index (χ3v) is 5.40. The van der Waals surface area contributed by atoms with Crippen molar-refractivity contribution in [3.05, 3.63) is 65.7 Å². The van der Waals surface area contributed by atoms with Crippen LogP contribution >= 0.6 is 0 Å². The van der Waals surface area contributed by atoms with Gasteiger partial charge in [-0.3, -0.25) is 4.90 Å². The van der Waals surface area contributed by atoms with Gasteiger partial charge in [-0.2, -0.15) is 0 Å². The topological polar surface area (TPSA) is 51.2 Å². The molecule has 1 saturated heterocycles. The summed E-state index contributed by atoms with van der Waals surface area (Å²) in [5, 5.41) is 0. The van der Waals surface area contributed by atoms with Gasteiger partial charge in [-0.1, -0.05) is 30.3 Å². The number of likely N-dealkylation sites (N-methyl/N-ethyl adjacent to an activating group) is 1. The van der Waals surface area contributed by atoms with Gasteiger partial charge in [-0.05, 0) is 36.2 Å². The molecule has 156 valence electrons. The van der Waals surface area contributed by atoms with E-state index in [1.54, 1.807) is 19.2 Å². The van der Waals surface area contributed by atoms with Gasteiger partial charge in [0.1, 0.15) is 6.79 Å². The lowest BCUT2D eigenvalue weighted by molar-refractivity contribution is -0.0679. The van der Waals surface area contributed by atoms with Gasteiger partial charge >= 0.3 is 5.97 Å². The van der Waals surface area contributed by atoms with E-state index in [0.29, 0.717) is 12.4 Å². The van der Waals surface area contributed by atoms with Gasteiger partial charge in [0.2, 0.25) is 0 Å². The molecule has 29 heavy (non-hydrogen) atoms. The highest BCUT2D eigenvalue weighted by Crippen LogP contribution is 2.28. The Bertz CT molecular complexity index is 766. The predicted molar refractivity (Wildman–Crippen MR) is 113 cm³/mol. The lowest BCUT2D eigenvalue weighted by atomic mass is 10.0. The number of carbonyl (C=O) groups is 1. The van der Waals surface area contributed by atoms with Crippen molar-refractivity contribution in [2.24, 2.45) is 0 Å². The van der Waals surface area contributed by atoms with Crippen LogP contribution in [0.25, 0.3) is 0 Å². The highest BCUT2D eigenvalue weighted by Gasteiger charge is 2.30. The molecule has 0 unspecified atom stereocenters. The maximum atomic E-state index is 11.7. The first-order valence-corrected chi connectivity index (χ1v) is 9.91. The van der Waals surface area contributed by atoms with E-state index in [1.165, 1.54) is 12.7 Å². The number of hydrogen-bond donors (Lipinski definition) is 0. The molecule has 0 N–H and O–H groups in total. The Kier molecular flexibility index (Phi) is 7.63. The third kappa shape index (κ3) is 5.56. The summed E-state index contributed by atoms with van der Waals surface area (Å²) in [6, 6.07) is 18.4. The van der Waals surface area contributed by atoms with Crippen LogP contribution in [0.4, 0.5) is 5.69 Å². The number of hydrogen-bond acceptors (Lipinski definition) is 6. The molecule has 0 saturated carbocycles. The minimum Gasteiger partial charge on any atom is -0.465 e. The van der Waals surface area contributed by atoms with Crippen LogP contribution in [0.15, 0.2) is 54.6 Å². The number of likely N-dealkylation sites (tertiary alicyclic amines) is 1. The minimum absolute atomic E-state index is 0.200. The van der Waals surface area contributed by atoms with E-state index in [2.05, 4.69) is 41.1 Å². The van der Waals surface area contributed by atoms with E-state index < -0.39 is 0 Å². The highest BCUT2D eigenvalue weighted by molar-refractivity contribution is 5.89. The zero-order valence-corrected chi connectivity index (χ0v) is 17.4. The molecule has 2 atom stereocenters. The van der Waals surface area contributed by atoms with E-state index in [-0.39, 0.29) is 18.1 Å². The summed E-state index contributed by atoms with van der Waals surface area (Å²) in [6.07, 6.45) is 1.20. The quantitative estimate of drug-likeness (QED) is 0.477. The average molecular weight is 399 g/mol. The van der Waals surface area contributed by atoms with Crippen molar-refractivity contribution in [2.75, 3.05) is 52.6 Å². The van der Waals surface area contributed by atoms with E-state index in [9.17, 15) is 4.79 Å². The molecular weight excluding hydrogens is 368 g/mol. The SMILES string of the molecule is COCO[C@H]1CCN([C@H](CN(C)c2ccc(C(=O)OC)cc2)c2ccccc2)C1. The highest BCUT2D eigenvalue weighted by atomic mass is 16.7. The Morgan fingerprint density at radius 1 is 1.14 bits per heavy atom. The standard InChI is InChI=1S/C23H30N2O4/c1-24(20-11-9-19(10-12-20)23(26)28-3)16-22(18-7-5-4-6-8-18)25-14-13-21(15-25)29-17-27-2/h4-12,21-22H,13-17H2,1-3H3/t21-,22+/m0/s1. The largest absolute Gasteiger partial charge is 0.465 e. The molecule has 2 aromatic carbocycles. The van der Waals surface area contributed by atoms with Crippen molar-refractivity contribution < 1.29 is 19.0 Å². The molecule has 0 radical (unpaired) electrons. The lowest BCUT2D eigenvalue weighted by Gasteiger charge is -2.33. The molecule has 2 aromatic rings. The fourth-order valence-corrected chi connectivity index (χ4v) is 3.78. The summed E-state index contributed by atoms with van der Waals surface area (Å²) in [4.78, 5) is 16.4. The molecule has 6 nitrogen and oxygen atoms in total. The summed E-state index contributed by atoms with van der Waals surface area (Å²) < 4.78 is 15.6. The average Bonchev–Trinajstić information content (AvgIpc) is 3.24. The number of nitrogens with zero attached hydrogens (tertiary/aromatic N) is 2. The molecule has 0 aliphatic carbocycles. The Morgan fingerprint density at radius 2 is 1.86 bits per heavy atom. The van der Waals surface area contributed by atoms with Crippen molar-refractivity contribution in [3.63, 3.8) is 0 Å². The molecular formula is C23H30N2O4. The summed E-state index contributed by atoms with van der Waals surface area (Å²) in [5.74, 6) is -0.319. The van der Waals surface area contributed by atoms with Gasteiger partial charge in [-0.25, -0.2) is 4.79 Å². The molecule has 1 aliphatic heterocycles. The molecule has 6 heteroatoms. The van der Waals surface area contributed by atoms with E-state index >= 15 is 0 Å². The van der Waals surface area contributed by atoms with Gasteiger partial charge in [0, 0.05) is 39.5 Å². The van der Waals surface area contributed by atoms with Crippen molar-refractivity contribution in [2.45, 2.75) is 18.6 Å². The van der Waals surface area contributed by atoms with E-state index in [0.717, 1.165) is 31.7 Å². The molecule has 0 bridgehead atoms. The van der Waals surface area contributed by atoms with Crippen LogP contribution in [-0.4, -0.2) is 64.7 Å². The normalized spacial score (nSPS) is 17.8. The summed E-state index contributed by atoms with van der Waals surface area (Å²) in [6.45, 7) is 3.04. The van der Waals surface area contributed by atoms with Crippen LogP contribution in [-0.2, 0) is 14.2 Å². The first-order chi connectivity index (χ1) is 14.1. The molecule has 1 fully saturated rings. The first-order valence-electron chi connectivity index (χ1n) is 9.91. The van der Waals surface area contributed by atoms with Crippen LogP contribution in [0.5, 0.6) is 0 Å². The van der Waals surface area contributed by atoms with Crippen LogP contribution in [0.2, 0.25) is 0 Å². The van der Waals surface area contributed by atoms with Crippen molar-refractivity contribution in [3.8, 4) is 0 Å². The number of rotatable bonds is 9. The van der Waals surface area contributed by atoms with E-state index in [4.69, 9.17) is 14.2 Å². The zero-order valence-electron chi connectivity index (χ0n) is 17.4. The fourth-order valence-electron chi connectivity index (χ4n) is 3.78. The molecule has 0 aromatic heterocycles. The monoisotopic (exact) mass is 398 g/mol. The Hall–Kier alpha value is -2.41. The number of ether oxygens (including phenoxy) is 3. The Labute approximate surface area is 173 Å². The number of benzene rings is 2. The maximum absolute atomic E-state index is 11.7. The summed E-state index contributed by atoms with van der Waals surface area (Å²) in [7, 11) is 5.13. The smallest absolute Gasteiger partial charge is 0.337 e. The lowest BCUT2D eigenvalue weighted by Crippen LogP contribution is -2.36. The van der Waals surface area contributed by atoms with Crippen LogP contribution in [0, 0.1) is 0 Å². The first kappa shape index (κ1) is 21.3. The van der Waals surface area contributed by atoms with Crippen molar-refractivity contribution in [1.29, 1.82) is 0 Å². The zero-order chi connectivity index (χ0) is 20.6. The molecule has 3 rings (SSSR count). The Balaban J connectivity index is 1.72. The van der Waals surface area contributed by atoms with Crippen LogP contribution in [0.3, 0.4) is 0 Å². The van der Waals surface area contributed by atoms with Gasteiger partial charge < -0.3 is 19.1 Å². The molecule has 1 heterocycles. The molecule has 0 spiro atoms.